The molecule has 1 fully saturated rings. The van der Waals surface area contributed by atoms with E-state index in [1.54, 1.807) is 28.4 Å². The molecule has 2 N–H and O–H groups in total. The first-order valence-corrected chi connectivity index (χ1v) is 10.6. The molecule has 1 aromatic rings. The van der Waals surface area contributed by atoms with E-state index in [9.17, 15) is 0 Å². The standard InChI is InChI=1S/C22H39N5O3/c1-16(2)18(27-10-8-26(4)9-11-27)15-25-22(23-3)24-14-17-12-19(28-5)21(30-7)20(13-17)29-6/h12-13,16,18H,8-11,14-15H2,1-7H3,(H2,23,24,25). The minimum Gasteiger partial charge on any atom is -0.493 e. The average Bonchev–Trinajstić information content (AvgIpc) is 2.75. The third-order valence-corrected chi connectivity index (χ3v) is 5.66. The monoisotopic (exact) mass is 421 g/mol. The summed E-state index contributed by atoms with van der Waals surface area (Å²) < 4.78 is 16.3. The Kier molecular flexibility index (Phi) is 9.52. The van der Waals surface area contributed by atoms with E-state index < -0.39 is 0 Å². The average molecular weight is 422 g/mol. The summed E-state index contributed by atoms with van der Waals surface area (Å²) in [6.07, 6.45) is 0. The van der Waals surface area contributed by atoms with Crippen molar-refractivity contribution in [3.8, 4) is 17.2 Å². The molecule has 1 aliphatic heterocycles. The maximum absolute atomic E-state index is 5.44. The van der Waals surface area contributed by atoms with Crippen molar-refractivity contribution in [2.45, 2.75) is 26.4 Å². The molecule has 1 unspecified atom stereocenters. The maximum atomic E-state index is 5.44. The fraction of sp³-hybridized carbons (Fsp3) is 0.682. The minimum absolute atomic E-state index is 0.471. The minimum atomic E-state index is 0.471. The predicted octanol–water partition coefficient (Wildman–Crippen LogP) is 1.65. The highest BCUT2D eigenvalue weighted by atomic mass is 16.5. The molecule has 0 spiro atoms. The Morgan fingerprint density at radius 3 is 2.07 bits per heavy atom. The molecule has 0 aliphatic carbocycles. The van der Waals surface area contributed by atoms with Gasteiger partial charge in [0.15, 0.2) is 17.5 Å². The van der Waals surface area contributed by atoms with Gasteiger partial charge in [-0.15, -0.1) is 0 Å². The fourth-order valence-electron chi connectivity index (χ4n) is 3.79. The van der Waals surface area contributed by atoms with Gasteiger partial charge in [0.2, 0.25) is 5.75 Å². The topological polar surface area (TPSA) is 70.6 Å². The second-order valence-corrected chi connectivity index (χ2v) is 7.99. The molecule has 30 heavy (non-hydrogen) atoms. The smallest absolute Gasteiger partial charge is 0.203 e. The number of guanidine groups is 1. The van der Waals surface area contributed by atoms with Gasteiger partial charge in [0, 0.05) is 52.4 Å². The molecule has 8 heteroatoms. The van der Waals surface area contributed by atoms with E-state index in [1.807, 2.05) is 12.1 Å². The lowest BCUT2D eigenvalue weighted by Gasteiger charge is -2.40. The highest BCUT2D eigenvalue weighted by Crippen LogP contribution is 2.38. The molecule has 0 saturated carbocycles. The normalized spacial score (nSPS) is 17.0. The Labute approximate surface area is 181 Å². The summed E-state index contributed by atoms with van der Waals surface area (Å²) in [6.45, 7) is 10.5. The van der Waals surface area contributed by atoms with E-state index in [0.717, 1.165) is 44.2 Å². The van der Waals surface area contributed by atoms with Gasteiger partial charge >= 0.3 is 0 Å². The van der Waals surface area contributed by atoms with Gasteiger partial charge in [0.25, 0.3) is 0 Å². The zero-order chi connectivity index (χ0) is 22.1. The highest BCUT2D eigenvalue weighted by molar-refractivity contribution is 5.79. The zero-order valence-corrected chi connectivity index (χ0v) is 19.6. The van der Waals surface area contributed by atoms with Crippen LogP contribution in [0.1, 0.15) is 19.4 Å². The number of aliphatic imine (C=N–C) groups is 1. The van der Waals surface area contributed by atoms with Crippen LogP contribution in [0.4, 0.5) is 0 Å². The zero-order valence-electron chi connectivity index (χ0n) is 19.6. The molecule has 1 aromatic carbocycles. The van der Waals surface area contributed by atoms with E-state index in [0.29, 0.717) is 35.8 Å². The molecule has 0 bridgehead atoms. The molecule has 8 nitrogen and oxygen atoms in total. The van der Waals surface area contributed by atoms with Gasteiger partial charge in [-0.2, -0.15) is 0 Å². The van der Waals surface area contributed by atoms with Crippen molar-refractivity contribution in [1.82, 2.24) is 20.4 Å². The maximum Gasteiger partial charge on any atom is 0.203 e. The van der Waals surface area contributed by atoms with Crippen LogP contribution in [0.15, 0.2) is 17.1 Å². The van der Waals surface area contributed by atoms with Crippen LogP contribution in [0.2, 0.25) is 0 Å². The number of nitrogens with zero attached hydrogens (tertiary/aromatic N) is 3. The number of hydrogen-bond acceptors (Lipinski definition) is 6. The van der Waals surface area contributed by atoms with Crippen molar-refractivity contribution >= 4 is 5.96 Å². The molecule has 1 saturated heterocycles. The van der Waals surface area contributed by atoms with Crippen molar-refractivity contribution in [3.63, 3.8) is 0 Å². The van der Waals surface area contributed by atoms with Crippen LogP contribution in [-0.4, -0.2) is 89.9 Å². The lowest BCUT2D eigenvalue weighted by atomic mass is 10.0. The van der Waals surface area contributed by atoms with Gasteiger partial charge in [-0.25, -0.2) is 0 Å². The molecule has 0 radical (unpaired) electrons. The molecule has 0 amide bonds. The number of methoxy groups -OCH3 is 3. The largest absolute Gasteiger partial charge is 0.493 e. The van der Waals surface area contributed by atoms with E-state index in [-0.39, 0.29) is 0 Å². The van der Waals surface area contributed by atoms with Crippen LogP contribution >= 0.6 is 0 Å². The van der Waals surface area contributed by atoms with Gasteiger partial charge in [0.1, 0.15) is 0 Å². The van der Waals surface area contributed by atoms with Gasteiger partial charge in [0.05, 0.1) is 21.3 Å². The van der Waals surface area contributed by atoms with Crippen LogP contribution in [0.5, 0.6) is 17.2 Å². The molecule has 0 aromatic heterocycles. The number of rotatable bonds is 9. The second kappa shape index (κ2) is 11.9. The number of likely N-dealkylation sites (N-methyl/N-ethyl adjacent to an activating group) is 1. The third kappa shape index (κ3) is 6.40. The lowest BCUT2D eigenvalue weighted by molar-refractivity contribution is 0.0900. The van der Waals surface area contributed by atoms with E-state index in [4.69, 9.17) is 14.2 Å². The number of nitrogens with one attached hydrogen (secondary N) is 2. The van der Waals surface area contributed by atoms with Crippen molar-refractivity contribution in [1.29, 1.82) is 0 Å². The Morgan fingerprint density at radius 1 is 1.00 bits per heavy atom. The van der Waals surface area contributed by atoms with E-state index in [2.05, 4.69) is 46.3 Å². The summed E-state index contributed by atoms with van der Waals surface area (Å²) >= 11 is 0. The molecule has 170 valence electrons. The quantitative estimate of drug-likeness (QED) is 0.464. The van der Waals surface area contributed by atoms with E-state index in [1.165, 1.54) is 0 Å². The van der Waals surface area contributed by atoms with Crippen LogP contribution < -0.4 is 24.8 Å². The first kappa shape index (κ1) is 24.1. The van der Waals surface area contributed by atoms with Crippen molar-refractivity contribution in [2.75, 3.05) is 68.1 Å². The Morgan fingerprint density at radius 2 is 1.60 bits per heavy atom. The second-order valence-electron chi connectivity index (χ2n) is 7.99. The van der Waals surface area contributed by atoms with E-state index >= 15 is 0 Å². The molecule has 2 rings (SSSR count). The summed E-state index contributed by atoms with van der Waals surface area (Å²) in [7, 11) is 8.84. The van der Waals surface area contributed by atoms with Crippen molar-refractivity contribution < 1.29 is 14.2 Å². The Bertz CT molecular complexity index is 662. The summed E-state index contributed by atoms with van der Waals surface area (Å²) in [6, 6.07) is 4.37. The van der Waals surface area contributed by atoms with Crippen LogP contribution in [-0.2, 0) is 6.54 Å². The number of benzene rings is 1. The Hall–Kier alpha value is -2.19. The number of piperazine rings is 1. The van der Waals surface area contributed by atoms with Gasteiger partial charge in [-0.05, 0) is 30.7 Å². The summed E-state index contributed by atoms with van der Waals surface area (Å²) in [5, 5.41) is 6.90. The first-order valence-electron chi connectivity index (χ1n) is 10.6. The number of ether oxygens (including phenoxy) is 3. The first-order chi connectivity index (χ1) is 14.4. The van der Waals surface area contributed by atoms with Crippen LogP contribution in [0, 0.1) is 5.92 Å². The molecule has 1 aliphatic rings. The van der Waals surface area contributed by atoms with Crippen molar-refractivity contribution in [2.24, 2.45) is 10.9 Å². The highest BCUT2D eigenvalue weighted by Gasteiger charge is 2.25. The summed E-state index contributed by atoms with van der Waals surface area (Å²) in [5.41, 5.74) is 1.02. The molecule has 1 atom stereocenters. The third-order valence-electron chi connectivity index (χ3n) is 5.66. The SMILES string of the molecule is CN=C(NCc1cc(OC)c(OC)c(OC)c1)NCC(C(C)C)N1CCN(C)CC1. The molecule has 1 heterocycles. The Balaban J connectivity index is 1.97. The van der Waals surface area contributed by atoms with Gasteiger partial charge in [-0.1, -0.05) is 13.8 Å². The van der Waals surface area contributed by atoms with Crippen molar-refractivity contribution in [3.05, 3.63) is 17.7 Å². The van der Waals surface area contributed by atoms with Crippen LogP contribution in [0.3, 0.4) is 0 Å². The van der Waals surface area contributed by atoms with Crippen LogP contribution in [0.25, 0.3) is 0 Å². The summed E-state index contributed by atoms with van der Waals surface area (Å²) in [5.74, 6) is 3.23. The summed E-state index contributed by atoms with van der Waals surface area (Å²) in [4.78, 5) is 9.37. The van der Waals surface area contributed by atoms with Gasteiger partial charge < -0.3 is 29.7 Å². The van der Waals surface area contributed by atoms with Gasteiger partial charge in [-0.3, -0.25) is 9.89 Å². The molecular weight excluding hydrogens is 382 g/mol. The predicted molar refractivity (Wildman–Crippen MR) is 122 cm³/mol. The fourth-order valence-corrected chi connectivity index (χ4v) is 3.79. The lowest BCUT2D eigenvalue weighted by Crippen LogP contribution is -2.55. The molecular formula is C22H39N5O3. The number of hydrogen-bond donors (Lipinski definition) is 2.